The molecule has 1 aliphatic carbocycles. The van der Waals surface area contributed by atoms with Gasteiger partial charge in [0, 0.05) is 36.7 Å². The van der Waals surface area contributed by atoms with E-state index in [-0.39, 0.29) is 6.61 Å². The summed E-state index contributed by atoms with van der Waals surface area (Å²) in [7, 11) is 0. The Labute approximate surface area is 102 Å². The number of pyridine rings is 1. The lowest BCUT2D eigenvalue weighted by atomic mass is 9.78. The van der Waals surface area contributed by atoms with Crippen LogP contribution in [0.15, 0.2) is 18.5 Å². The second-order valence-corrected chi connectivity index (χ2v) is 5.47. The molecule has 2 heterocycles. The Morgan fingerprint density at radius 2 is 2.06 bits per heavy atom. The Balaban J connectivity index is 1.84. The van der Waals surface area contributed by atoms with Crippen LogP contribution in [-0.2, 0) is 6.61 Å². The summed E-state index contributed by atoms with van der Waals surface area (Å²) < 4.78 is 0. The number of anilines is 1. The van der Waals surface area contributed by atoms with Crippen LogP contribution in [0.2, 0.25) is 0 Å². The smallest absolute Gasteiger partial charge is 0.0717 e. The van der Waals surface area contributed by atoms with Crippen LogP contribution in [0, 0.1) is 11.8 Å². The number of hydrogen-bond donors (Lipinski definition) is 1. The van der Waals surface area contributed by atoms with Crippen molar-refractivity contribution in [2.75, 3.05) is 18.0 Å². The quantitative estimate of drug-likeness (QED) is 0.849. The molecule has 1 saturated heterocycles. The van der Waals surface area contributed by atoms with Crippen molar-refractivity contribution < 1.29 is 5.11 Å². The molecule has 2 aliphatic rings. The maximum absolute atomic E-state index is 9.39. The second-order valence-electron chi connectivity index (χ2n) is 5.47. The summed E-state index contributed by atoms with van der Waals surface area (Å²) in [5.74, 6) is 1.73. The van der Waals surface area contributed by atoms with Crippen molar-refractivity contribution in [2.45, 2.75) is 32.3 Å². The number of aromatic nitrogens is 1. The van der Waals surface area contributed by atoms with Crippen LogP contribution in [0.4, 0.5) is 5.69 Å². The van der Waals surface area contributed by atoms with Gasteiger partial charge in [-0.25, -0.2) is 0 Å². The van der Waals surface area contributed by atoms with Crippen LogP contribution in [0.3, 0.4) is 0 Å². The molecule has 92 valence electrons. The minimum absolute atomic E-state index is 0.0923. The SMILES string of the molecule is OCc1cnccc1N1CC2CCCC(C2)C1. The highest BCUT2D eigenvalue weighted by atomic mass is 16.3. The first-order valence-corrected chi connectivity index (χ1v) is 6.65. The molecule has 3 nitrogen and oxygen atoms in total. The lowest BCUT2D eigenvalue weighted by Gasteiger charge is -2.43. The second kappa shape index (κ2) is 4.65. The first kappa shape index (κ1) is 11.0. The molecule has 0 amide bonds. The maximum Gasteiger partial charge on any atom is 0.0717 e. The van der Waals surface area contributed by atoms with Gasteiger partial charge in [-0.05, 0) is 37.2 Å². The third kappa shape index (κ3) is 2.16. The average molecular weight is 232 g/mol. The van der Waals surface area contributed by atoms with Crippen LogP contribution in [0.1, 0.15) is 31.2 Å². The summed E-state index contributed by atoms with van der Waals surface area (Å²) in [6, 6.07) is 2.05. The summed E-state index contributed by atoms with van der Waals surface area (Å²) in [4.78, 5) is 6.56. The van der Waals surface area contributed by atoms with Gasteiger partial charge in [0.1, 0.15) is 0 Å². The molecular formula is C14H20N2O. The highest BCUT2D eigenvalue weighted by Gasteiger charge is 2.31. The van der Waals surface area contributed by atoms with Crippen LogP contribution in [0.25, 0.3) is 0 Å². The molecule has 1 aliphatic heterocycles. The highest BCUT2D eigenvalue weighted by Crippen LogP contribution is 2.36. The van der Waals surface area contributed by atoms with E-state index >= 15 is 0 Å². The van der Waals surface area contributed by atoms with E-state index in [0.29, 0.717) is 0 Å². The normalized spacial score (nSPS) is 28.2. The fourth-order valence-electron chi connectivity index (χ4n) is 3.48. The predicted molar refractivity (Wildman–Crippen MR) is 67.8 cm³/mol. The summed E-state index contributed by atoms with van der Waals surface area (Å²) >= 11 is 0. The monoisotopic (exact) mass is 232 g/mol. The summed E-state index contributed by atoms with van der Waals surface area (Å²) in [5, 5.41) is 9.39. The summed E-state index contributed by atoms with van der Waals surface area (Å²) in [6.45, 7) is 2.41. The minimum atomic E-state index is 0.0923. The number of rotatable bonds is 2. The van der Waals surface area contributed by atoms with Crippen LogP contribution in [0.5, 0.6) is 0 Å². The van der Waals surface area contributed by atoms with Gasteiger partial charge in [-0.3, -0.25) is 4.98 Å². The van der Waals surface area contributed by atoms with Crippen LogP contribution in [-0.4, -0.2) is 23.2 Å². The number of piperidine rings is 1. The lowest BCUT2D eigenvalue weighted by molar-refractivity contribution is 0.230. The maximum atomic E-state index is 9.39. The van der Waals surface area contributed by atoms with E-state index < -0.39 is 0 Å². The predicted octanol–water partition coefficient (Wildman–Crippen LogP) is 2.20. The molecule has 2 atom stereocenters. The van der Waals surface area contributed by atoms with Crippen molar-refractivity contribution >= 4 is 5.69 Å². The Bertz CT molecular complexity index is 382. The van der Waals surface area contributed by atoms with E-state index in [4.69, 9.17) is 0 Å². The fourth-order valence-corrected chi connectivity index (χ4v) is 3.48. The molecular weight excluding hydrogens is 212 g/mol. The number of aliphatic hydroxyl groups is 1. The van der Waals surface area contributed by atoms with Gasteiger partial charge in [0.15, 0.2) is 0 Å². The van der Waals surface area contributed by atoms with E-state index in [1.807, 2.05) is 12.3 Å². The highest BCUT2D eigenvalue weighted by molar-refractivity contribution is 5.52. The van der Waals surface area contributed by atoms with E-state index in [2.05, 4.69) is 9.88 Å². The number of nitrogens with zero attached hydrogens (tertiary/aromatic N) is 2. The fraction of sp³-hybridized carbons (Fsp3) is 0.643. The Morgan fingerprint density at radius 3 is 2.76 bits per heavy atom. The molecule has 3 heteroatoms. The van der Waals surface area contributed by atoms with Gasteiger partial charge < -0.3 is 10.0 Å². The zero-order valence-electron chi connectivity index (χ0n) is 10.2. The van der Waals surface area contributed by atoms with Gasteiger partial charge in [0.2, 0.25) is 0 Å². The molecule has 2 bridgehead atoms. The Kier molecular flexibility index (Phi) is 3.02. The Morgan fingerprint density at radius 1 is 1.29 bits per heavy atom. The van der Waals surface area contributed by atoms with E-state index in [0.717, 1.165) is 30.5 Å². The lowest BCUT2D eigenvalue weighted by Crippen LogP contribution is -2.43. The molecule has 3 rings (SSSR count). The number of aliphatic hydroxyl groups excluding tert-OH is 1. The first-order chi connectivity index (χ1) is 8.36. The molecule has 0 aromatic carbocycles. The first-order valence-electron chi connectivity index (χ1n) is 6.65. The van der Waals surface area contributed by atoms with Gasteiger partial charge in [0.25, 0.3) is 0 Å². The zero-order chi connectivity index (χ0) is 11.7. The van der Waals surface area contributed by atoms with Crippen LogP contribution >= 0.6 is 0 Å². The topological polar surface area (TPSA) is 36.4 Å². The van der Waals surface area contributed by atoms with E-state index in [9.17, 15) is 5.11 Å². The molecule has 0 spiro atoms. The van der Waals surface area contributed by atoms with E-state index in [1.165, 1.54) is 31.4 Å². The van der Waals surface area contributed by atoms with E-state index in [1.54, 1.807) is 6.20 Å². The number of hydrogen-bond acceptors (Lipinski definition) is 3. The summed E-state index contributed by atoms with van der Waals surface area (Å²) in [6.07, 6.45) is 9.21. The van der Waals surface area contributed by atoms with Gasteiger partial charge >= 0.3 is 0 Å². The number of fused-ring (bicyclic) bond motifs is 2. The van der Waals surface area contributed by atoms with Gasteiger partial charge in [-0.2, -0.15) is 0 Å². The molecule has 17 heavy (non-hydrogen) atoms. The molecule has 1 aromatic rings. The van der Waals surface area contributed by atoms with Gasteiger partial charge in [0.05, 0.1) is 6.61 Å². The van der Waals surface area contributed by atoms with Gasteiger partial charge in [-0.1, -0.05) is 6.42 Å². The van der Waals surface area contributed by atoms with Gasteiger partial charge in [-0.15, -0.1) is 0 Å². The van der Waals surface area contributed by atoms with Crippen molar-refractivity contribution in [2.24, 2.45) is 11.8 Å². The largest absolute Gasteiger partial charge is 0.392 e. The van der Waals surface area contributed by atoms with Crippen molar-refractivity contribution in [1.82, 2.24) is 4.98 Å². The molecule has 1 N–H and O–H groups in total. The average Bonchev–Trinajstić information content (AvgIpc) is 2.38. The molecule has 2 unspecified atom stereocenters. The van der Waals surface area contributed by atoms with Crippen molar-refractivity contribution in [3.63, 3.8) is 0 Å². The zero-order valence-corrected chi connectivity index (χ0v) is 10.2. The Hall–Kier alpha value is -1.09. The molecule has 1 saturated carbocycles. The standard InChI is InChI=1S/C14H20N2O/c17-10-13-7-15-5-4-14(13)16-8-11-2-1-3-12(6-11)9-16/h4-5,7,11-12,17H,1-3,6,8-10H2. The molecule has 2 fully saturated rings. The minimum Gasteiger partial charge on any atom is -0.392 e. The van der Waals surface area contributed by atoms with Crippen molar-refractivity contribution in [1.29, 1.82) is 0 Å². The molecule has 0 radical (unpaired) electrons. The third-order valence-electron chi connectivity index (χ3n) is 4.24. The third-order valence-corrected chi connectivity index (χ3v) is 4.24. The van der Waals surface area contributed by atoms with Crippen LogP contribution < -0.4 is 4.90 Å². The van der Waals surface area contributed by atoms with Crippen molar-refractivity contribution in [3.8, 4) is 0 Å². The van der Waals surface area contributed by atoms with Crippen molar-refractivity contribution in [3.05, 3.63) is 24.0 Å². The molecule has 1 aromatic heterocycles. The summed E-state index contributed by atoms with van der Waals surface area (Å²) in [5.41, 5.74) is 2.16.